The lowest BCUT2D eigenvalue weighted by atomic mass is 10.0. The van der Waals surface area contributed by atoms with Crippen LogP contribution < -0.4 is 4.74 Å². The Labute approximate surface area is 172 Å². The fourth-order valence-electron chi connectivity index (χ4n) is 2.76. The monoisotopic (exact) mass is 402 g/mol. The number of aliphatic hydroxyl groups is 1. The summed E-state index contributed by atoms with van der Waals surface area (Å²) in [7, 11) is 0. The number of aromatic nitrogens is 7. The molecule has 3 heterocycles. The molecule has 0 saturated carbocycles. The molecule has 0 amide bonds. The molecule has 1 N–H and O–H groups in total. The van der Waals surface area contributed by atoms with Crippen LogP contribution >= 0.6 is 0 Å². The maximum atomic E-state index is 14.4. The van der Waals surface area contributed by atoms with Gasteiger partial charge in [0.15, 0.2) is 17.3 Å². The van der Waals surface area contributed by atoms with Gasteiger partial charge >= 0.3 is 0 Å². The maximum absolute atomic E-state index is 14.4. The van der Waals surface area contributed by atoms with Crippen LogP contribution in [0, 0.1) is 5.82 Å². The Morgan fingerprint density at radius 2 is 2.14 bits per heavy atom. The molecule has 0 unspecified atom stereocenters. The van der Waals surface area contributed by atoms with E-state index in [0.29, 0.717) is 4.68 Å². The molecule has 0 aliphatic heterocycles. The summed E-state index contributed by atoms with van der Waals surface area (Å²) in [6.07, 6.45) is 1.01. The van der Waals surface area contributed by atoms with Crippen LogP contribution in [0.4, 0.5) is 4.39 Å². The largest absolute Gasteiger partial charge is 0.468 e. The third-order valence-electron chi connectivity index (χ3n) is 4.20. The van der Waals surface area contributed by atoms with Crippen LogP contribution in [0.1, 0.15) is 38.9 Å². The normalized spacial score (nSPS) is 15.4. The van der Waals surface area contributed by atoms with Gasteiger partial charge in [0.25, 0.3) is 0 Å². The van der Waals surface area contributed by atoms with E-state index in [0.717, 1.165) is 6.33 Å². The van der Waals surface area contributed by atoms with Crippen LogP contribution in [-0.2, 0) is 18.7 Å². The number of rotatable bonds is 6. The Morgan fingerprint density at radius 1 is 1.31 bits per heavy atom. The fourth-order valence-corrected chi connectivity index (χ4v) is 2.76. The summed E-state index contributed by atoms with van der Waals surface area (Å²) >= 11 is 0. The van der Waals surface area contributed by atoms with Crippen LogP contribution in [0.5, 0.6) is 5.88 Å². The van der Waals surface area contributed by atoms with Gasteiger partial charge in [-0.05, 0) is 38.9 Å². The molecule has 0 fully saturated rings. The van der Waals surface area contributed by atoms with Crippen molar-refractivity contribution in [3.05, 3.63) is 53.9 Å². The zero-order valence-corrected chi connectivity index (χ0v) is 15.5. The van der Waals surface area contributed by atoms with E-state index in [1.807, 2.05) is 0 Å². The van der Waals surface area contributed by atoms with Gasteiger partial charge in [0.05, 0.1) is 19.5 Å². The highest BCUT2D eigenvalue weighted by Gasteiger charge is 2.26. The Morgan fingerprint density at radius 3 is 2.90 bits per heavy atom. The molecule has 3 aromatic heterocycles. The summed E-state index contributed by atoms with van der Waals surface area (Å²) in [5.41, 5.74) is -0.841. The van der Waals surface area contributed by atoms with Crippen molar-refractivity contribution in [3.63, 3.8) is 0 Å². The van der Waals surface area contributed by atoms with E-state index in [1.54, 1.807) is 6.07 Å². The van der Waals surface area contributed by atoms with Gasteiger partial charge in [-0.15, -0.1) is 15.3 Å². The first-order valence-corrected chi connectivity index (χ1v) is 8.57. The molecule has 10 heteroatoms. The lowest BCUT2D eigenvalue weighted by Gasteiger charge is -2.20. The second-order valence-electron chi connectivity index (χ2n) is 6.68. The first-order chi connectivity index (χ1) is 15.8. The molecule has 9 nitrogen and oxygen atoms in total. The van der Waals surface area contributed by atoms with Crippen LogP contribution in [0.25, 0.3) is 17.0 Å². The van der Waals surface area contributed by atoms with Gasteiger partial charge in [-0.25, -0.2) is 14.1 Å². The number of hydrogen-bond donors (Lipinski definition) is 1. The van der Waals surface area contributed by atoms with Crippen LogP contribution in [0.15, 0.2) is 36.7 Å². The molecule has 0 radical (unpaired) electrons. The number of hydrogen-bond acceptors (Lipinski definition) is 7. The molecule has 150 valence electrons. The Hall–Kier alpha value is -3.40. The summed E-state index contributed by atoms with van der Waals surface area (Å²) in [5.74, 6) is -0.654. The van der Waals surface area contributed by atoms with E-state index in [9.17, 15) is 9.50 Å². The SMILES string of the molecule is [2H]C([2H])([2H])C([2H])([2H])n1ncnc1COc1nn2c(-c3ccccc3F)nnc2cc1C(C)(C)O. The van der Waals surface area contributed by atoms with Crippen molar-refractivity contribution in [3.8, 4) is 17.3 Å². The Kier molecular flexibility index (Phi) is 3.41. The zero-order valence-electron chi connectivity index (χ0n) is 20.5. The molecule has 4 rings (SSSR count). The number of ether oxygens (including phenoxy) is 1. The third-order valence-corrected chi connectivity index (χ3v) is 4.20. The summed E-state index contributed by atoms with van der Waals surface area (Å²) in [5, 5.41) is 26.7. The highest BCUT2D eigenvalue weighted by atomic mass is 19.1. The first-order valence-electron chi connectivity index (χ1n) is 11.1. The molecule has 0 aliphatic carbocycles. The van der Waals surface area contributed by atoms with Gasteiger partial charge in [0, 0.05) is 10.6 Å². The summed E-state index contributed by atoms with van der Waals surface area (Å²) in [4.78, 5) is 3.90. The Bertz CT molecular complexity index is 1350. The fraction of sp³-hybridized carbons (Fsp3) is 0.316. The Balaban J connectivity index is 1.77. The molecule has 1 aromatic carbocycles. The predicted octanol–water partition coefficient (Wildman–Crippen LogP) is 2.35. The minimum atomic E-state index is -3.01. The molecule has 0 bridgehead atoms. The quantitative estimate of drug-likeness (QED) is 0.528. The van der Waals surface area contributed by atoms with E-state index >= 15 is 0 Å². The van der Waals surface area contributed by atoms with Crippen molar-refractivity contribution >= 4 is 5.65 Å². The maximum Gasteiger partial charge on any atom is 0.238 e. The van der Waals surface area contributed by atoms with Crippen LogP contribution in [-0.4, -0.2) is 39.7 Å². The van der Waals surface area contributed by atoms with Crippen molar-refractivity contribution < 1.29 is 21.1 Å². The van der Waals surface area contributed by atoms with Gasteiger partial charge in [-0.3, -0.25) is 0 Å². The molecule has 29 heavy (non-hydrogen) atoms. The topological polar surface area (TPSA) is 103 Å². The van der Waals surface area contributed by atoms with Gasteiger partial charge in [0.1, 0.15) is 18.8 Å². The number of aryl methyl sites for hydroxylation is 1. The lowest BCUT2D eigenvalue weighted by molar-refractivity contribution is 0.0729. The molecule has 0 aliphatic rings. The van der Waals surface area contributed by atoms with Gasteiger partial charge in [-0.1, -0.05) is 12.1 Å². The second kappa shape index (κ2) is 7.21. The molecular weight excluding hydrogens is 377 g/mol. The average molecular weight is 402 g/mol. The van der Waals surface area contributed by atoms with E-state index in [-0.39, 0.29) is 34.3 Å². The van der Waals surface area contributed by atoms with Crippen molar-refractivity contribution in [1.82, 2.24) is 34.6 Å². The van der Waals surface area contributed by atoms with Gasteiger partial charge in [-0.2, -0.15) is 9.61 Å². The predicted molar refractivity (Wildman–Crippen MR) is 101 cm³/mol. The summed E-state index contributed by atoms with van der Waals surface area (Å²) in [6, 6.07) is 7.42. The first kappa shape index (κ1) is 13.7. The number of nitrogens with zero attached hydrogens (tertiary/aromatic N) is 7. The molecule has 0 atom stereocenters. The van der Waals surface area contributed by atoms with Gasteiger partial charge in [0.2, 0.25) is 5.88 Å². The van der Waals surface area contributed by atoms with Crippen LogP contribution in [0.2, 0.25) is 0 Å². The van der Waals surface area contributed by atoms with E-state index in [2.05, 4.69) is 25.4 Å². The number of fused-ring (bicyclic) bond motifs is 1. The van der Waals surface area contributed by atoms with Crippen molar-refractivity contribution in [1.29, 1.82) is 0 Å². The summed E-state index contributed by atoms with van der Waals surface area (Å²) < 4.78 is 60.2. The highest BCUT2D eigenvalue weighted by molar-refractivity contribution is 5.60. The van der Waals surface area contributed by atoms with Crippen molar-refractivity contribution in [2.45, 2.75) is 39.4 Å². The zero-order chi connectivity index (χ0) is 24.9. The van der Waals surface area contributed by atoms with Gasteiger partial charge < -0.3 is 9.84 Å². The van der Waals surface area contributed by atoms with Crippen molar-refractivity contribution in [2.24, 2.45) is 0 Å². The van der Waals surface area contributed by atoms with E-state index in [4.69, 9.17) is 11.6 Å². The van der Waals surface area contributed by atoms with E-state index in [1.165, 1.54) is 42.6 Å². The second-order valence-corrected chi connectivity index (χ2v) is 6.68. The molecule has 4 aromatic rings. The van der Waals surface area contributed by atoms with E-state index < -0.39 is 31.4 Å². The standard InChI is InChI=1S/C19H20FN7O2/c1-4-26-16(21-11-22-26)10-29-18-13(19(2,3)28)9-15-23-24-17(27(15)25-18)12-7-5-6-8-14(12)20/h5-9,11,28H,4,10H2,1-3H3/i1D3,4D2. The smallest absolute Gasteiger partial charge is 0.238 e. The number of benzene rings is 1. The third kappa shape index (κ3) is 3.54. The summed E-state index contributed by atoms with van der Waals surface area (Å²) in [6.45, 7) is -3.28. The number of halogens is 1. The lowest BCUT2D eigenvalue weighted by Crippen LogP contribution is -2.20. The average Bonchev–Trinajstić information content (AvgIpc) is 3.37. The molecular formula is C19H20FN7O2. The molecule has 0 saturated heterocycles. The minimum absolute atomic E-state index is 0.0959. The molecule has 0 spiro atoms. The minimum Gasteiger partial charge on any atom is -0.468 e. The van der Waals surface area contributed by atoms with Crippen molar-refractivity contribution in [2.75, 3.05) is 0 Å². The van der Waals surface area contributed by atoms with Crippen LogP contribution in [0.3, 0.4) is 0 Å². The highest BCUT2D eigenvalue weighted by Crippen LogP contribution is 2.31.